The van der Waals surface area contributed by atoms with Crippen molar-refractivity contribution in [1.29, 1.82) is 0 Å². The Kier molecular flexibility index (Phi) is 3.40. The van der Waals surface area contributed by atoms with Crippen molar-refractivity contribution in [1.82, 2.24) is 14.1 Å². The Morgan fingerprint density at radius 2 is 2.04 bits per heavy atom. The Hall–Kier alpha value is -2.24. The molecule has 0 radical (unpaired) electrons. The van der Waals surface area contributed by atoms with Crippen LogP contribution in [0.4, 0.5) is 0 Å². The van der Waals surface area contributed by atoms with Crippen molar-refractivity contribution in [3.63, 3.8) is 0 Å². The molecule has 0 amide bonds. The third-order valence-corrected chi connectivity index (χ3v) is 5.80. The molecule has 0 spiro atoms. The molecule has 5 rings (SSSR count). The van der Waals surface area contributed by atoms with Crippen LogP contribution in [0.1, 0.15) is 5.56 Å². The standard InChI is InChI=1S/C19H14ClN3OS/c20-13-5-3-4-12(10-13)11-23-15-7-2-1-6-14(15)16-17(23)18(24)22-8-9-25-19(22)21-16/h1-7,10H,8-9,11H2. The molecule has 0 N–H and O–H groups in total. The monoisotopic (exact) mass is 367 g/mol. The van der Waals surface area contributed by atoms with Crippen LogP contribution in [0.25, 0.3) is 21.9 Å². The molecule has 4 aromatic rings. The predicted octanol–water partition coefficient (Wildman–Crippen LogP) is 4.16. The van der Waals surface area contributed by atoms with Gasteiger partial charge in [-0.15, -0.1) is 0 Å². The van der Waals surface area contributed by atoms with E-state index in [-0.39, 0.29) is 5.56 Å². The van der Waals surface area contributed by atoms with Crippen LogP contribution in [0.2, 0.25) is 5.02 Å². The average molecular weight is 368 g/mol. The number of thioether (sulfide) groups is 1. The fourth-order valence-corrected chi connectivity index (χ4v) is 4.66. The molecule has 6 heteroatoms. The van der Waals surface area contributed by atoms with Crippen molar-refractivity contribution in [2.45, 2.75) is 18.2 Å². The highest BCUT2D eigenvalue weighted by atomic mass is 35.5. The third kappa shape index (κ3) is 2.30. The summed E-state index contributed by atoms with van der Waals surface area (Å²) in [5, 5.41) is 2.54. The Bertz CT molecular complexity index is 1190. The van der Waals surface area contributed by atoms with Gasteiger partial charge in [-0.1, -0.05) is 53.7 Å². The number of nitrogens with zero attached hydrogens (tertiary/aromatic N) is 3. The van der Waals surface area contributed by atoms with E-state index in [9.17, 15) is 4.79 Å². The lowest BCUT2D eigenvalue weighted by Gasteiger charge is -2.08. The quantitative estimate of drug-likeness (QED) is 0.499. The van der Waals surface area contributed by atoms with E-state index in [0.717, 1.165) is 39.4 Å². The second-order valence-electron chi connectivity index (χ2n) is 6.13. The van der Waals surface area contributed by atoms with Crippen LogP contribution in [-0.2, 0) is 13.1 Å². The van der Waals surface area contributed by atoms with Crippen LogP contribution >= 0.6 is 23.4 Å². The smallest absolute Gasteiger partial charge is 0.278 e. The maximum atomic E-state index is 13.1. The summed E-state index contributed by atoms with van der Waals surface area (Å²) in [5.41, 5.74) is 3.60. The molecule has 2 aromatic carbocycles. The van der Waals surface area contributed by atoms with Crippen LogP contribution in [0.15, 0.2) is 58.5 Å². The molecule has 4 nitrogen and oxygen atoms in total. The second-order valence-corrected chi connectivity index (χ2v) is 7.63. The molecular weight excluding hydrogens is 354 g/mol. The van der Waals surface area contributed by atoms with Gasteiger partial charge in [0, 0.05) is 29.3 Å². The number of hydrogen-bond donors (Lipinski definition) is 0. The van der Waals surface area contributed by atoms with Gasteiger partial charge in [0.1, 0.15) is 11.0 Å². The second kappa shape index (κ2) is 5.64. The lowest BCUT2D eigenvalue weighted by atomic mass is 10.2. The van der Waals surface area contributed by atoms with Crippen LogP contribution < -0.4 is 5.56 Å². The summed E-state index contributed by atoms with van der Waals surface area (Å²) >= 11 is 7.79. The fraction of sp³-hybridized carbons (Fsp3) is 0.158. The van der Waals surface area contributed by atoms with Gasteiger partial charge in [-0.2, -0.15) is 0 Å². The van der Waals surface area contributed by atoms with E-state index in [1.54, 1.807) is 16.3 Å². The highest BCUT2D eigenvalue weighted by molar-refractivity contribution is 7.99. The van der Waals surface area contributed by atoms with Gasteiger partial charge in [0.2, 0.25) is 0 Å². The SMILES string of the molecule is O=c1c2c(nc3n1CCS3)c1ccccc1n2Cc1cccc(Cl)c1. The van der Waals surface area contributed by atoms with E-state index >= 15 is 0 Å². The molecule has 0 bridgehead atoms. The summed E-state index contributed by atoms with van der Waals surface area (Å²) < 4.78 is 3.86. The average Bonchev–Trinajstić information content (AvgIpc) is 3.20. The van der Waals surface area contributed by atoms with E-state index in [1.165, 1.54) is 0 Å². The zero-order chi connectivity index (χ0) is 17.0. The van der Waals surface area contributed by atoms with Crippen molar-refractivity contribution < 1.29 is 0 Å². The molecule has 2 aromatic heterocycles. The molecule has 3 heterocycles. The first-order valence-electron chi connectivity index (χ1n) is 8.11. The number of fused-ring (bicyclic) bond motifs is 4. The Labute approximate surface area is 153 Å². The summed E-state index contributed by atoms with van der Waals surface area (Å²) in [7, 11) is 0. The summed E-state index contributed by atoms with van der Waals surface area (Å²) in [6.07, 6.45) is 0. The van der Waals surface area contributed by atoms with Gasteiger partial charge in [0.25, 0.3) is 5.56 Å². The van der Waals surface area contributed by atoms with Crippen molar-refractivity contribution in [3.05, 3.63) is 69.5 Å². The topological polar surface area (TPSA) is 39.8 Å². The molecule has 0 saturated heterocycles. The van der Waals surface area contributed by atoms with Gasteiger partial charge in [0.05, 0.1) is 5.52 Å². The molecular formula is C19H14ClN3OS. The third-order valence-electron chi connectivity index (χ3n) is 4.61. The minimum Gasteiger partial charge on any atom is -0.330 e. The maximum absolute atomic E-state index is 13.1. The number of para-hydroxylation sites is 1. The number of hydrogen-bond acceptors (Lipinski definition) is 3. The van der Waals surface area contributed by atoms with Gasteiger partial charge >= 0.3 is 0 Å². The first-order chi connectivity index (χ1) is 12.2. The van der Waals surface area contributed by atoms with E-state index in [0.29, 0.717) is 17.1 Å². The molecule has 1 aliphatic rings. The predicted molar refractivity (Wildman–Crippen MR) is 103 cm³/mol. The Balaban J connectivity index is 1.85. The largest absolute Gasteiger partial charge is 0.330 e. The summed E-state index contributed by atoms with van der Waals surface area (Å²) in [5.74, 6) is 0.904. The summed E-state index contributed by atoms with van der Waals surface area (Å²) in [6.45, 7) is 1.31. The van der Waals surface area contributed by atoms with Gasteiger partial charge < -0.3 is 4.57 Å². The normalized spacial score (nSPS) is 13.6. The van der Waals surface area contributed by atoms with E-state index in [2.05, 4.69) is 4.57 Å². The number of rotatable bonds is 2. The first-order valence-corrected chi connectivity index (χ1v) is 9.48. The number of halogens is 1. The fourth-order valence-electron chi connectivity index (χ4n) is 3.50. The van der Waals surface area contributed by atoms with Crippen LogP contribution in [0.3, 0.4) is 0 Å². The molecule has 25 heavy (non-hydrogen) atoms. The minimum atomic E-state index is 0.0447. The van der Waals surface area contributed by atoms with E-state index in [4.69, 9.17) is 16.6 Å². The van der Waals surface area contributed by atoms with Gasteiger partial charge in [-0.05, 0) is 23.8 Å². The summed E-state index contributed by atoms with van der Waals surface area (Å²) in [6, 6.07) is 15.8. The van der Waals surface area contributed by atoms with Crippen molar-refractivity contribution in [2.75, 3.05) is 5.75 Å². The Morgan fingerprint density at radius 3 is 2.92 bits per heavy atom. The minimum absolute atomic E-state index is 0.0447. The zero-order valence-corrected chi connectivity index (χ0v) is 14.8. The van der Waals surface area contributed by atoms with Crippen LogP contribution in [0.5, 0.6) is 0 Å². The van der Waals surface area contributed by atoms with Crippen LogP contribution in [-0.4, -0.2) is 19.9 Å². The number of aromatic nitrogens is 3. The highest BCUT2D eigenvalue weighted by Crippen LogP contribution is 2.30. The molecule has 0 aliphatic carbocycles. The molecule has 1 aliphatic heterocycles. The zero-order valence-electron chi connectivity index (χ0n) is 13.3. The lowest BCUT2D eigenvalue weighted by molar-refractivity contribution is 0.663. The molecule has 0 atom stereocenters. The van der Waals surface area contributed by atoms with Gasteiger partial charge in [-0.25, -0.2) is 4.98 Å². The van der Waals surface area contributed by atoms with Gasteiger partial charge in [0.15, 0.2) is 5.16 Å². The number of benzene rings is 2. The van der Waals surface area contributed by atoms with Crippen molar-refractivity contribution >= 4 is 45.3 Å². The molecule has 0 fully saturated rings. The van der Waals surface area contributed by atoms with Crippen LogP contribution in [0, 0.1) is 0 Å². The molecule has 0 unspecified atom stereocenters. The highest BCUT2D eigenvalue weighted by Gasteiger charge is 2.22. The molecule has 0 saturated carbocycles. The van der Waals surface area contributed by atoms with Crippen molar-refractivity contribution in [2.24, 2.45) is 0 Å². The van der Waals surface area contributed by atoms with E-state index in [1.807, 2.05) is 48.5 Å². The maximum Gasteiger partial charge on any atom is 0.278 e. The molecule has 124 valence electrons. The first kappa shape index (κ1) is 15.0. The van der Waals surface area contributed by atoms with Gasteiger partial charge in [-0.3, -0.25) is 9.36 Å². The lowest BCUT2D eigenvalue weighted by Crippen LogP contribution is -2.22. The summed E-state index contributed by atoms with van der Waals surface area (Å²) in [4.78, 5) is 17.9. The van der Waals surface area contributed by atoms with Crippen molar-refractivity contribution in [3.8, 4) is 0 Å². The Morgan fingerprint density at radius 1 is 1.16 bits per heavy atom. The van der Waals surface area contributed by atoms with E-state index < -0.39 is 0 Å².